The Hall–Kier alpha value is -1.42. The average molecular weight is 480 g/mol. The van der Waals surface area contributed by atoms with Crippen LogP contribution in [0.5, 0.6) is 0 Å². The quantitative estimate of drug-likeness (QED) is 0.534. The summed E-state index contributed by atoms with van der Waals surface area (Å²) in [5.41, 5.74) is 0. The third-order valence-electron chi connectivity index (χ3n) is 8.43. The summed E-state index contributed by atoms with van der Waals surface area (Å²) in [5, 5.41) is 11.1. The Morgan fingerprint density at radius 1 is 0.912 bits per heavy atom. The molecule has 0 bridgehead atoms. The number of hydrogen-bond acceptors (Lipinski definition) is 7. The lowest BCUT2D eigenvalue weighted by Gasteiger charge is -2.41. The number of amides is 2. The fraction of sp³-hybridized carbons (Fsp3) is 0.920. The van der Waals surface area contributed by atoms with Gasteiger partial charge in [0.1, 0.15) is 6.29 Å². The van der Waals surface area contributed by atoms with E-state index in [9.17, 15) is 9.59 Å². The lowest BCUT2D eigenvalue weighted by molar-refractivity contribution is -0.138. The molecule has 2 saturated heterocycles. The molecule has 4 aliphatic rings. The maximum absolute atomic E-state index is 13.2. The molecule has 4 rings (SSSR count). The number of carbonyl (C=O) groups is 2. The highest BCUT2D eigenvalue weighted by Gasteiger charge is 2.35. The molecule has 2 saturated carbocycles. The SMILES string of the molecule is CCOC(=O)N1CCN(C(=O)C2CCCC(NC3NCC(C4CCC(OC)CC4)CN3)C2)CC1. The maximum atomic E-state index is 13.2. The Labute approximate surface area is 204 Å². The Balaban J connectivity index is 1.17. The molecule has 0 aromatic heterocycles. The van der Waals surface area contributed by atoms with Gasteiger partial charge in [-0.05, 0) is 63.7 Å². The van der Waals surface area contributed by atoms with Crippen LogP contribution in [0.1, 0.15) is 58.3 Å². The summed E-state index contributed by atoms with van der Waals surface area (Å²) in [7, 11) is 1.83. The highest BCUT2D eigenvalue weighted by molar-refractivity contribution is 5.79. The molecule has 2 amide bonds. The first-order valence-electron chi connectivity index (χ1n) is 13.5. The van der Waals surface area contributed by atoms with Gasteiger partial charge < -0.3 is 19.3 Å². The number of rotatable bonds is 6. The van der Waals surface area contributed by atoms with Gasteiger partial charge in [0.15, 0.2) is 0 Å². The average Bonchev–Trinajstić information content (AvgIpc) is 2.89. The minimum absolute atomic E-state index is 0.0766. The number of nitrogens with zero attached hydrogens (tertiary/aromatic N) is 2. The zero-order valence-electron chi connectivity index (χ0n) is 21.1. The van der Waals surface area contributed by atoms with Gasteiger partial charge in [-0.25, -0.2) is 4.79 Å². The molecule has 2 aliphatic heterocycles. The molecule has 9 nitrogen and oxygen atoms in total. The van der Waals surface area contributed by atoms with E-state index in [1.54, 1.807) is 4.90 Å². The zero-order chi connectivity index (χ0) is 23.9. The predicted octanol–water partition coefficient (Wildman–Crippen LogP) is 1.73. The van der Waals surface area contributed by atoms with E-state index in [-0.39, 0.29) is 24.2 Å². The van der Waals surface area contributed by atoms with Gasteiger partial charge in [0.05, 0.1) is 12.7 Å². The Bertz CT molecular complexity index is 656. The molecular weight excluding hydrogens is 434 g/mol. The first-order chi connectivity index (χ1) is 16.6. The van der Waals surface area contributed by atoms with E-state index in [0.29, 0.717) is 50.8 Å². The van der Waals surface area contributed by atoms with Crippen molar-refractivity contribution in [2.75, 3.05) is 53.0 Å². The third-order valence-corrected chi connectivity index (χ3v) is 8.43. The van der Waals surface area contributed by atoms with Gasteiger partial charge in [-0.15, -0.1) is 0 Å². The van der Waals surface area contributed by atoms with Crippen molar-refractivity contribution in [3.63, 3.8) is 0 Å². The molecule has 2 atom stereocenters. The van der Waals surface area contributed by atoms with Crippen molar-refractivity contribution in [2.45, 2.75) is 76.7 Å². The summed E-state index contributed by atoms with van der Waals surface area (Å²) in [4.78, 5) is 28.7. The second kappa shape index (κ2) is 12.5. The molecule has 0 aromatic carbocycles. The lowest BCUT2D eigenvalue weighted by Crippen LogP contribution is -2.63. The van der Waals surface area contributed by atoms with Crippen molar-refractivity contribution in [3.8, 4) is 0 Å². The van der Waals surface area contributed by atoms with E-state index in [2.05, 4.69) is 16.0 Å². The van der Waals surface area contributed by atoms with E-state index in [1.807, 2.05) is 18.9 Å². The van der Waals surface area contributed by atoms with Crippen LogP contribution in [0.15, 0.2) is 0 Å². The van der Waals surface area contributed by atoms with E-state index in [1.165, 1.54) is 25.7 Å². The first kappa shape index (κ1) is 25.7. The number of methoxy groups -OCH3 is 1. The van der Waals surface area contributed by atoms with E-state index >= 15 is 0 Å². The second-order valence-electron chi connectivity index (χ2n) is 10.5. The summed E-state index contributed by atoms with van der Waals surface area (Å²) in [6.07, 6.45) is 9.28. The first-order valence-corrected chi connectivity index (χ1v) is 13.5. The van der Waals surface area contributed by atoms with E-state index < -0.39 is 0 Å². The second-order valence-corrected chi connectivity index (χ2v) is 10.5. The molecule has 0 aromatic rings. The van der Waals surface area contributed by atoms with Gasteiger partial charge in [0, 0.05) is 58.3 Å². The van der Waals surface area contributed by atoms with Crippen LogP contribution in [0.25, 0.3) is 0 Å². The van der Waals surface area contributed by atoms with Crippen LogP contribution in [0.2, 0.25) is 0 Å². The van der Waals surface area contributed by atoms with Crippen LogP contribution in [-0.2, 0) is 14.3 Å². The number of carbonyl (C=O) groups excluding carboxylic acids is 2. The third kappa shape index (κ3) is 6.62. The Morgan fingerprint density at radius 3 is 2.24 bits per heavy atom. The smallest absolute Gasteiger partial charge is 0.409 e. The molecule has 0 spiro atoms. The van der Waals surface area contributed by atoms with Crippen LogP contribution in [-0.4, -0.2) is 93.2 Å². The molecule has 194 valence electrons. The minimum Gasteiger partial charge on any atom is -0.450 e. The molecular formula is C25H45N5O4. The van der Waals surface area contributed by atoms with E-state index in [0.717, 1.165) is 44.7 Å². The van der Waals surface area contributed by atoms with Gasteiger partial charge >= 0.3 is 6.09 Å². The summed E-state index contributed by atoms with van der Waals surface area (Å²) >= 11 is 0. The predicted molar refractivity (Wildman–Crippen MR) is 130 cm³/mol. The topological polar surface area (TPSA) is 95.2 Å². The van der Waals surface area contributed by atoms with Crippen molar-refractivity contribution in [3.05, 3.63) is 0 Å². The normalized spacial score (nSPS) is 35.1. The van der Waals surface area contributed by atoms with Crippen LogP contribution in [0, 0.1) is 17.8 Å². The van der Waals surface area contributed by atoms with Gasteiger partial charge in [0.25, 0.3) is 0 Å². The monoisotopic (exact) mass is 479 g/mol. The van der Waals surface area contributed by atoms with Gasteiger partial charge in [-0.2, -0.15) is 0 Å². The van der Waals surface area contributed by atoms with Crippen LogP contribution >= 0.6 is 0 Å². The molecule has 9 heteroatoms. The standard InChI is InChI=1S/C25H45N5O4/c1-3-34-25(32)30-13-11-29(12-14-30)23(31)19-5-4-6-21(15-19)28-24-26-16-20(17-27-24)18-7-9-22(33-2)10-8-18/h18-22,24,26-28H,3-17H2,1-2H3. The van der Waals surface area contributed by atoms with Crippen molar-refractivity contribution in [1.29, 1.82) is 0 Å². The van der Waals surface area contributed by atoms with Crippen LogP contribution < -0.4 is 16.0 Å². The fourth-order valence-corrected chi connectivity index (χ4v) is 6.31. The van der Waals surface area contributed by atoms with Crippen molar-refractivity contribution in [1.82, 2.24) is 25.8 Å². The molecule has 34 heavy (non-hydrogen) atoms. The molecule has 2 unspecified atom stereocenters. The van der Waals surface area contributed by atoms with Gasteiger partial charge in [-0.1, -0.05) is 6.42 Å². The molecule has 4 fully saturated rings. The Morgan fingerprint density at radius 2 is 1.59 bits per heavy atom. The van der Waals surface area contributed by atoms with Crippen molar-refractivity contribution >= 4 is 12.0 Å². The summed E-state index contributed by atoms with van der Waals surface area (Å²) < 4.78 is 10.6. The van der Waals surface area contributed by atoms with Crippen molar-refractivity contribution < 1.29 is 19.1 Å². The van der Waals surface area contributed by atoms with Gasteiger partial charge in [0.2, 0.25) is 5.91 Å². The number of nitrogens with one attached hydrogen (secondary N) is 3. The molecule has 0 radical (unpaired) electrons. The number of hydrogen-bond donors (Lipinski definition) is 3. The van der Waals surface area contributed by atoms with Crippen LogP contribution in [0.4, 0.5) is 4.79 Å². The molecule has 2 aliphatic carbocycles. The van der Waals surface area contributed by atoms with Gasteiger partial charge in [-0.3, -0.25) is 20.7 Å². The Kier molecular flexibility index (Phi) is 9.45. The number of ether oxygens (including phenoxy) is 2. The highest BCUT2D eigenvalue weighted by atomic mass is 16.6. The largest absolute Gasteiger partial charge is 0.450 e. The maximum Gasteiger partial charge on any atom is 0.409 e. The lowest BCUT2D eigenvalue weighted by atomic mass is 9.78. The highest BCUT2D eigenvalue weighted by Crippen LogP contribution is 2.32. The minimum atomic E-state index is -0.270. The summed E-state index contributed by atoms with van der Waals surface area (Å²) in [6, 6.07) is 0.349. The summed E-state index contributed by atoms with van der Waals surface area (Å²) in [6.45, 7) is 6.62. The number of piperazine rings is 1. The molecule has 3 N–H and O–H groups in total. The summed E-state index contributed by atoms with van der Waals surface area (Å²) in [5.74, 6) is 1.80. The fourth-order valence-electron chi connectivity index (χ4n) is 6.31. The zero-order valence-corrected chi connectivity index (χ0v) is 21.1. The molecule has 2 heterocycles. The van der Waals surface area contributed by atoms with Crippen LogP contribution in [0.3, 0.4) is 0 Å². The van der Waals surface area contributed by atoms with E-state index in [4.69, 9.17) is 9.47 Å². The van der Waals surface area contributed by atoms with Crippen molar-refractivity contribution in [2.24, 2.45) is 17.8 Å².